The minimum atomic E-state index is 0.526. The van der Waals surface area contributed by atoms with Crippen LogP contribution in [0.1, 0.15) is 24.3 Å². The van der Waals surface area contributed by atoms with Crippen molar-refractivity contribution >= 4 is 0 Å². The van der Waals surface area contributed by atoms with E-state index < -0.39 is 0 Å². The first-order valence-electron chi connectivity index (χ1n) is 6.54. The van der Waals surface area contributed by atoms with Gasteiger partial charge in [0.1, 0.15) is 5.75 Å². The maximum atomic E-state index is 5.73. The summed E-state index contributed by atoms with van der Waals surface area (Å²) in [6, 6.07) is 9.19. The Balaban J connectivity index is 1.69. The summed E-state index contributed by atoms with van der Waals surface area (Å²) in [4.78, 5) is 2.54. The first-order chi connectivity index (χ1) is 8.38. The van der Waals surface area contributed by atoms with Crippen LogP contribution in [0.2, 0.25) is 0 Å². The predicted octanol–water partition coefficient (Wildman–Crippen LogP) is 1.59. The molecule has 0 aromatic heterocycles. The third-order valence-corrected chi connectivity index (χ3v) is 3.73. The van der Waals surface area contributed by atoms with Gasteiger partial charge in [-0.2, -0.15) is 0 Å². The van der Waals surface area contributed by atoms with Gasteiger partial charge in [0.25, 0.3) is 0 Å². The van der Waals surface area contributed by atoms with Crippen LogP contribution in [-0.2, 0) is 0 Å². The largest absolute Gasteiger partial charge is 0.493 e. The summed E-state index contributed by atoms with van der Waals surface area (Å²) in [5, 5.41) is 0. The summed E-state index contributed by atoms with van der Waals surface area (Å²) in [6.07, 6.45) is 2.68. The van der Waals surface area contributed by atoms with Crippen molar-refractivity contribution in [3.05, 3.63) is 29.8 Å². The Morgan fingerprint density at radius 1 is 1.29 bits per heavy atom. The molecular formula is C14H20N2O. The Hall–Kier alpha value is -1.06. The second-order valence-electron chi connectivity index (χ2n) is 5.06. The molecule has 2 aliphatic rings. The summed E-state index contributed by atoms with van der Waals surface area (Å²) >= 11 is 0. The molecule has 92 valence electrons. The highest BCUT2D eigenvalue weighted by molar-refractivity contribution is 5.39. The van der Waals surface area contributed by atoms with E-state index in [1.807, 2.05) is 6.07 Å². The first-order valence-corrected chi connectivity index (χ1v) is 6.54. The molecule has 1 aliphatic carbocycles. The molecule has 0 saturated heterocycles. The molecule has 0 amide bonds. The van der Waals surface area contributed by atoms with E-state index in [0.717, 1.165) is 38.0 Å². The standard InChI is InChI=1S/C14H20N2O/c15-7-8-16(12-5-6-12)9-11-10-17-14-4-2-1-3-13(11)14/h1-4,11-12H,5-10,15H2. The van der Waals surface area contributed by atoms with Gasteiger partial charge in [0, 0.05) is 37.2 Å². The van der Waals surface area contributed by atoms with Crippen molar-refractivity contribution in [3.63, 3.8) is 0 Å². The Morgan fingerprint density at radius 3 is 2.88 bits per heavy atom. The lowest BCUT2D eigenvalue weighted by Gasteiger charge is -2.24. The molecule has 1 heterocycles. The van der Waals surface area contributed by atoms with E-state index in [4.69, 9.17) is 10.5 Å². The molecule has 3 rings (SSSR count). The number of hydrogen-bond acceptors (Lipinski definition) is 3. The maximum Gasteiger partial charge on any atom is 0.122 e. The molecule has 1 unspecified atom stereocenters. The molecule has 1 aliphatic heterocycles. The van der Waals surface area contributed by atoms with Crippen LogP contribution in [0.15, 0.2) is 24.3 Å². The van der Waals surface area contributed by atoms with Gasteiger partial charge >= 0.3 is 0 Å². The first kappa shape index (κ1) is 11.1. The summed E-state index contributed by atoms with van der Waals surface area (Å²) in [6.45, 7) is 3.70. The zero-order chi connectivity index (χ0) is 11.7. The van der Waals surface area contributed by atoms with Crippen LogP contribution in [-0.4, -0.2) is 37.2 Å². The highest BCUT2D eigenvalue weighted by atomic mass is 16.5. The minimum absolute atomic E-state index is 0.526. The summed E-state index contributed by atoms with van der Waals surface area (Å²) in [5.41, 5.74) is 7.06. The molecule has 1 saturated carbocycles. The van der Waals surface area contributed by atoms with E-state index in [2.05, 4.69) is 23.1 Å². The monoisotopic (exact) mass is 232 g/mol. The molecule has 0 radical (unpaired) electrons. The van der Waals surface area contributed by atoms with Crippen LogP contribution in [0.3, 0.4) is 0 Å². The molecule has 1 aromatic carbocycles. The van der Waals surface area contributed by atoms with Crippen molar-refractivity contribution in [1.82, 2.24) is 4.90 Å². The Bertz CT molecular complexity index is 390. The molecule has 0 bridgehead atoms. The van der Waals surface area contributed by atoms with Crippen LogP contribution < -0.4 is 10.5 Å². The van der Waals surface area contributed by atoms with Crippen molar-refractivity contribution in [2.24, 2.45) is 5.73 Å². The van der Waals surface area contributed by atoms with Crippen molar-refractivity contribution in [2.75, 3.05) is 26.2 Å². The minimum Gasteiger partial charge on any atom is -0.493 e. The molecule has 1 fully saturated rings. The van der Waals surface area contributed by atoms with E-state index >= 15 is 0 Å². The third-order valence-electron chi connectivity index (χ3n) is 3.73. The lowest BCUT2D eigenvalue weighted by atomic mass is 10.0. The number of nitrogens with two attached hydrogens (primary N) is 1. The molecule has 0 spiro atoms. The van der Waals surface area contributed by atoms with Gasteiger partial charge in [-0.1, -0.05) is 18.2 Å². The zero-order valence-corrected chi connectivity index (χ0v) is 10.1. The second kappa shape index (κ2) is 4.67. The van der Waals surface area contributed by atoms with Crippen LogP contribution in [0, 0.1) is 0 Å². The quantitative estimate of drug-likeness (QED) is 0.837. The number of fused-ring (bicyclic) bond motifs is 1. The van der Waals surface area contributed by atoms with Crippen LogP contribution in [0.25, 0.3) is 0 Å². The predicted molar refractivity (Wildman–Crippen MR) is 68.3 cm³/mol. The van der Waals surface area contributed by atoms with Crippen molar-refractivity contribution in [3.8, 4) is 5.75 Å². The van der Waals surface area contributed by atoms with E-state index in [9.17, 15) is 0 Å². The molecule has 3 heteroatoms. The van der Waals surface area contributed by atoms with Gasteiger partial charge in [-0.25, -0.2) is 0 Å². The summed E-state index contributed by atoms with van der Waals surface area (Å²) in [7, 11) is 0. The van der Waals surface area contributed by atoms with Gasteiger partial charge in [0.2, 0.25) is 0 Å². The number of rotatable bonds is 5. The molecule has 1 aromatic rings. The molecular weight excluding hydrogens is 212 g/mol. The number of nitrogens with zero attached hydrogens (tertiary/aromatic N) is 1. The van der Waals surface area contributed by atoms with Gasteiger partial charge in [-0.3, -0.25) is 4.90 Å². The molecule has 1 atom stereocenters. The number of benzene rings is 1. The SMILES string of the molecule is NCCN(CC1COc2ccccc21)C1CC1. The topological polar surface area (TPSA) is 38.5 Å². The fourth-order valence-electron chi connectivity index (χ4n) is 2.69. The average Bonchev–Trinajstić information content (AvgIpc) is 3.12. The summed E-state index contributed by atoms with van der Waals surface area (Å²) < 4.78 is 5.73. The Labute approximate surface area is 103 Å². The number of para-hydroxylation sites is 1. The van der Waals surface area contributed by atoms with Crippen LogP contribution in [0.5, 0.6) is 5.75 Å². The van der Waals surface area contributed by atoms with Gasteiger partial charge in [-0.15, -0.1) is 0 Å². The smallest absolute Gasteiger partial charge is 0.122 e. The van der Waals surface area contributed by atoms with E-state index in [-0.39, 0.29) is 0 Å². The Morgan fingerprint density at radius 2 is 2.12 bits per heavy atom. The third kappa shape index (κ3) is 2.31. The average molecular weight is 232 g/mol. The summed E-state index contributed by atoms with van der Waals surface area (Å²) in [5.74, 6) is 1.60. The zero-order valence-electron chi connectivity index (χ0n) is 10.1. The van der Waals surface area contributed by atoms with Crippen LogP contribution in [0.4, 0.5) is 0 Å². The van der Waals surface area contributed by atoms with E-state index in [0.29, 0.717) is 5.92 Å². The highest BCUT2D eigenvalue weighted by Gasteiger charge is 2.32. The number of hydrogen-bond donors (Lipinski definition) is 1. The highest BCUT2D eigenvalue weighted by Crippen LogP contribution is 2.36. The lowest BCUT2D eigenvalue weighted by Crippen LogP contribution is -2.35. The van der Waals surface area contributed by atoms with Crippen molar-refractivity contribution in [1.29, 1.82) is 0 Å². The molecule has 2 N–H and O–H groups in total. The van der Waals surface area contributed by atoms with Gasteiger partial charge in [0.05, 0.1) is 6.61 Å². The van der Waals surface area contributed by atoms with Gasteiger partial charge in [-0.05, 0) is 18.9 Å². The van der Waals surface area contributed by atoms with Crippen LogP contribution >= 0.6 is 0 Å². The molecule has 17 heavy (non-hydrogen) atoms. The molecule has 3 nitrogen and oxygen atoms in total. The number of ether oxygens (including phenoxy) is 1. The van der Waals surface area contributed by atoms with Crippen molar-refractivity contribution < 1.29 is 4.74 Å². The lowest BCUT2D eigenvalue weighted by molar-refractivity contribution is 0.230. The fraction of sp³-hybridized carbons (Fsp3) is 0.571. The normalized spacial score (nSPS) is 22.6. The second-order valence-corrected chi connectivity index (χ2v) is 5.06. The maximum absolute atomic E-state index is 5.73. The fourth-order valence-corrected chi connectivity index (χ4v) is 2.69. The van der Waals surface area contributed by atoms with Gasteiger partial charge < -0.3 is 10.5 Å². The Kier molecular flexibility index (Phi) is 3.04. The van der Waals surface area contributed by atoms with Gasteiger partial charge in [0.15, 0.2) is 0 Å². The van der Waals surface area contributed by atoms with Crippen molar-refractivity contribution in [2.45, 2.75) is 24.8 Å². The van der Waals surface area contributed by atoms with E-state index in [1.165, 1.54) is 18.4 Å². The van der Waals surface area contributed by atoms with E-state index in [1.54, 1.807) is 0 Å².